The van der Waals surface area contributed by atoms with Crippen molar-refractivity contribution in [3.8, 4) is 11.5 Å². The number of benzene rings is 4. The molecule has 2 aliphatic heterocycles. The molecule has 2 amide bonds. The van der Waals surface area contributed by atoms with Gasteiger partial charge in [-0.25, -0.2) is 19.9 Å². The second-order valence-corrected chi connectivity index (χ2v) is 18.3. The summed E-state index contributed by atoms with van der Waals surface area (Å²) in [7, 11) is 0. The molecule has 14 nitrogen and oxygen atoms in total. The molecule has 0 spiro atoms. The Morgan fingerprint density at radius 3 is 1.85 bits per heavy atom. The second kappa shape index (κ2) is 20.5. The standard InChI is InChI=1S/C51H53ClN8O6/c1-51(2,3)31-43(61)54-38-18-12-33(13-19-38)28-41-53-32-40(48(57-41)59-24-6-7-25-59)65-44(62)22-23-45(63)66-46-47(52)56-42(58-49(46)60-26-8-9-27-60)29-34-14-20-39(21-15-34)55-50(64)37-17-16-35-10-4-5-11-36(35)30-37/h4-5,10-21,30,32H,6-9,22-29,31H2,1-3H3,(H,54,61)(H,55,64). The van der Waals surface area contributed by atoms with Gasteiger partial charge in [-0.15, -0.1) is 0 Å². The van der Waals surface area contributed by atoms with E-state index < -0.39 is 11.9 Å². The first-order valence-electron chi connectivity index (χ1n) is 22.4. The van der Waals surface area contributed by atoms with Crippen LogP contribution in [0.2, 0.25) is 5.15 Å². The summed E-state index contributed by atoms with van der Waals surface area (Å²) in [6.07, 6.45) is 6.02. The molecule has 2 fully saturated rings. The average Bonchev–Trinajstić information content (AvgIpc) is 4.04. The summed E-state index contributed by atoms with van der Waals surface area (Å²) in [6.45, 7) is 9.01. The van der Waals surface area contributed by atoms with Gasteiger partial charge in [0.1, 0.15) is 11.6 Å². The zero-order valence-electron chi connectivity index (χ0n) is 37.4. The molecule has 66 heavy (non-hydrogen) atoms. The Labute approximate surface area is 389 Å². The van der Waals surface area contributed by atoms with E-state index in [0.717, 1.165) is 66.4 Å². The zero-order chi connectivity index (χ0) is 46.2. The number of carbonyl (C=O) groups excluding carboxylic acids is 4. The van der Waals surface area contributed by atoms with Crippen molar-refractivity contribution in [2.24, 2.45) is 5.41 Å². The van der Waals surface area contributed by atoms with E-state index >= 15 is 0 Å². The molecule has 15 heteroatoms. The fourth-order valence-electron chi connectivity index (χ4n) is 8.01. The van der Waals surface area contributed by atoms with Crippen LogP contribution in [-0.4, -0.2) is 69.9 Å². The summed E-state index contributed by atoms with van der Waals surface area (Å²) in [4.78, 5) is 74.7. The van der Waals surface area contributed by atoms with Gasteiger partial charge in [-0.05, 0) is 89.4 Å². The molecule has 6 aromatic rings. The molecule has 0 saturated carbocycles. The van der Waals surface area contributed by atoms with Crippen molar-refractivity contribution < 1.29 is 28.7 Å². The summed E-state index contributed by atoms with van der Waals surface area (Å²) in [5.74, 6) is 0.655. The van der Waals surface area contributed by atoms with Gasteiger partial charge in [0.15, 0.2) is 22.5 Å². The first kappa shape index (κ1) is 45.6. The number of carbonyl (C=O) groups is 4. The van der Waals surface area contributed by atoms with E-state index in [2.05, 4.69) is 25.5 Å². The minimum Gasteiger partial charge on any atom is -0.421 e. The van der Waals surface area contributed by atoms with Crippen molar-refractivity contribution in [1.29, 1.82) is 0 Å². The van der Waals surface area contributed by atoms with Crippen LogP contribution in [0.3, 0.4) is 0 Å². The Balaban J connectivity index is 0.875. The number of hydrogen-bond donors (Lipinski definition) is 2. The second-order valence-electron chi connectivity index (χ2n) is 17.9. The lowest BCUT2D eigenvalue weighted by molar-refractivity contribution is -0.140. The monoisotopic (exact) mass is 908 g/mol. The van der Waals surface area contributed by atoms with Gasteiger partial charge in [0.05, 0.1) is 19.0 Å². The molecule has 0 aliphatic carbocycles. The van der Waals surface area contributed by atoms with Gasteiger partial charge in [0.25, 0.3) is 5.91 Å². The van der Waals surface area contributed by atoms with Crippen LogP contribution >= 0.6 is 11.6 Å². The highest BCUT2D eigenvalue weighted by molar-refractivity contribution is 6.31. The fraction of sp³-hybridized carbons (Fsp3) is 0.333. The molecule has 2 aliphatic rings. The largest absolute Gasteiger partial charge is 0.421 e. The van der Waals surface area contributed by atoms with Gasteiger partial charge in [-0.3, -0.25) is 19.2 Å². The Kier molecular flexibility index (Phi) is 14.2. The Bertz CT molecular complexity index is 2730. The lowest BCUT2D eigenvalue weighted by Crippen LogP contribution is -2.23. The molecule has 0 atom stereocenters. The van der Waals surface area contributed by atoms with E-state index in [1.807, 2.05) is 117 Å². The molecule has 0 radical (unpaired) electrons. The van der Waals surface area contributed by atoms with Gasteiger partial charge in [0.2, 0.25) is 11.7 Å². The van der Waals surface area contributed by atoms with Crippen LogP contribution in [0.25, 0.3) is 10.8 Å². The Morgan fingerprint density at radius 2 is 1.21 bits per heavy atom. The molecule has 4 heterocycles. The molecular weight excluding hydrogens is 856 g/mol. The number of anilines is 4. The lowest BCUT2D eigenvalue weighted by Gasteiger charge is -2.21. The van der Waals surface area contributed by atoms with Gasteiger partial charge < -0.3 is 29.9 Å². The number of ether oxygens (including phenoxy) is 2. The zero-order valence-corrected chi connectivity index (χ0v) is 38.2. The average molecular weight is 909 g/mol. The van der Waals surface area contributed by atoms with E-state index in [1.165, 1.54) is 6.20 Å². The third-order valence-electron chi connectivity index (χ3n) is 11.3. The van der Waals surface area contributed by atoms with Crippen molar-refractivity contribution in [2.75, 3.05) is 46.6 Å². The predicted molar refractivity (Wildman–Crippen MR) is 256 cm³/mol. The van der Waals surface area contributed by atoms with Crippen LogP contribution in [0.15, 0.2) is 97.2 Å². The molecule has 2 aromatic heterocycles. The summed E-state index contributed by atoms with van der Waals surface area (Å²) in [6, 6.07) is 28.5. The number of esters is 2. The third kappa shape index (κ3) is 12.0. The molecule has 2 saturated heterocycles. The predicted octanol–water partition coefficient (Wildman–Crippen LogP) is 9.37. The minimum absolute atomic E-state index is 0.0107. The Hall–Kier alpha value is -6.93. The van der Waals surface area contributed by atoms with Crippen molar-refractivity contribution in [3.63, 3.8) is 0 Å². The molecule has 340 valence electrons. The van der Waals surface area contributed by atoms with Gasteiger partial charge in [-0.1, -0.05) is 87.0 Å². The number of halogens is 1. The van der Waals surface area contributed by atoms with Gasteiger partial charge in [0, 0.05) is 62.4 Å². The van der Waals surface area contributed by atoms with E-state index in [9.17, 15) is 19.2 Å². The maximum absolute atomic E-state index is 13.3. The molecular formula is C51H53ClN8O6. The smallest absolute Gasteiger partial charge is 0.312 e. The van der Waals surface area contributed by atoms with E-state index in [4.69, 9.17) is 31.0 Å². The van der Waals surface area contributed by atoms with Crippen molar-refractivity contribution >= 4 is 69.1 Å². The lowest BCUT2D eigenvalue weighted by atomic mass is 9.92. The van der Waals surface area contributed by atoms with Crippen molar-refractivity contribution in [2.45, 2.75) is 78.6 Å². The highest BCUT2D eigenvalue weighted by Crippen LogP contribution is 2.36. The van der Waals surface area contributed by atoms with Crippen LogP contribution in [0.4, 0.5) is 23.0 Å². The summed E-state index contributed by atoms with van der Waals surface area (Å²) in [5.41, 5.74) is 3.67. The maximum atomic E-state index is 13.3. The first-order valence-corrected chi connectivity index (χ1v) is 22.8. The normalized spacial score (nSPS) is 13.8. The molecule has 8 rings (SSSR count). The van der Waals surface area contributed by atoms with Gasteiger partial charge in [-0.2, -0.15) is 0 Å². The first-order chi connectivity index (χ1) is 31.8. The highest BCUT2D eigenvalue weighted by atomic mass is 35.5. The molecule has 0 unspecified atom stereocenters. The minimum atomic E-state index is -0.682. The number of rotatable bonds is 15. The number of nitrogens with one attached hydrogen (secondary N) is 2. The number of hydrogen-bond acceptors (Lipinski definition) is 12. The Morgan fingerprint density at radius 1 is 0.652 bits per heavy atom. The van der Waals surface area contributed by atoms with Crippen molar-refractivity contribution in [1.82, 2.24) is 19.9 Å². The third-order valence-corrected chi connectivity index (χ3v) is 11.6. The molecule has 4 aromatic carbocycles. The van der Waals surface area contributed by atoms with Crippen LogP contribution < -0.4 is 29.9 Å². The van der Waals surface area contributed by atoms with Crippen molar-refractivity contribution in [3.05, 3.63) is 131 Å². The fourth-order valence-corrected chi connectivity index (χ4v) is 8.24. The number of nitrogens with zero attached hydrogens (tertiary/aromatic N) is 6. The number of fused-ring (bicyclic) bond motifs is 1. The molecule has 2 N–H and O–H groups in total. The molecule has 0 bridgehead atoms. The van der Waals surface area contributed by atoms with Gasteiger partial charge >= 0.3 is 11.9 Å². The van der Waals surface area contributed by atoms with Crippen LogP contribution in [0.5, 0.6) is 11.5 Å². The van der Waals surface area contributed by atoms with Crippen LogP contribution in [0.1, 0.15) is 98.9 Å². The quantitative estimate of drug-likeness (QED) is 0.0741. The summed E-state index contributed by atoms with van der Waals surface area (Å²) >= 11 is 6.73. The van der Waals surface area contributed by atoms with E-state index in [0.29, 0.717) is 66.9 Å². The van der Waals surface area contributed by atoms with Crippen LogP contribution in [-0.2, 0) is 27.2 Å². The maximum Gasteiger partial charge on any atom is 0.312 e. The van der Waals surface area contributed by atoms with Crippen LogP contribution in [0, 0.1) is 5.41 Å². The number of amides is 2. The highest BCUT2D eigenvalue weighted by Gasteiger charge is 2.27. The SMILES string of the molecule is CC(C)(C)CC(=O)Nc1ccc(Cc2ncc(OC(=O)CCC(=O)Oc3c(Cl)nc(Cc4ccc(NC(=O)c5ccc6ccccc6c5)cc4)nc3N3CCCC3)c(N3CCCC3)n2)cc1. The van der Waals surface area contributed by atoms with E-state index in [-0.39, 0.29) is 46.7 Å². The van der Waals surface area contributed by atoms with E-state index in [1.54, 1.807) is 0 Å². The topological polar surface area (TPSA) is 169 Å². The summed E-state index contributed by atoms with van der Waals surface area (Å²) < 4.78 is 11.6. The number of aromatic nitrogens is 4. The summed E-state index contributed by atoms with van der Waals surface area (Å²) in [5, 5.41) is 7.96.